The molecule has 1 amide bonds. The van der Waals surface area contributed by atoms with Crippen LogP contribution in [0.15, 0.2) is 54.7 Å². The van der Waals surface area contributed by atoms with Crippen LogP contribution in [-0.4, -0.2) is 30.1 Å². The van der Waals surface area contributed by atoms with Gasteiger partial charge in [-0.25, -0.2) is 9.97 Å². The maximum Gasteiger partial charge on any atom is 0.274 e. The van der Waals surface area contributed by atoms with Gasteiger partial charge in [-0.1, -0.05) is 23.7 Å². The lowest BCUT2D eigenvalue weighted by molar-refractivity contribution is 0.102. The Labute approximate surface area is 161 Å². The highest BCUT2D eigenvalue weighted by molar-refractivity contribution is 6.33. The number of amides is 1. The van der Waals surface area contributed by atoms with Gasteiger partial charge in [0.05, 0.1) is 30.6 Å². The number of halogens is 1. The summed E-state index contributed by atoms with van der Waals surface area (Å²) in [6.07, 6.45) is 1.49. The molecule has 2 N–H and O–H groups in total. The fraction of sp³-hybridized carbons (Fsp3) is 0.105. The minimum atomic E-state index is -0.400. The summed E-state index contributed by atoms with van der Waals surface area (Å²) in [5.74, 6) is 0.963. The Morgan fingerprint density at radius 2 is 1.85 bits per heavy atom. The standard InChI is InChI=1S/C19H17ClN4O3/c1-26-12-7-8-15(17(11-12)27-2)22-18(25)16-9-10-21-19(24-16)23-14-6-4-3-5-13(14)20/h3-11H,1-2H3,(H,22,25)(H,21,23,24). The van der Waals surface area contributed by atoms with Crippen LogP contribution in [0, 0.1) is 0 Å². The van der Waals surface area contributed by atoms with E-state index in [1.807, 2.05) is 12.1 Å². The summed E-state index contributed by atoms with van der Waals surface area (Å²) < 4.78 is 10.4. The molecular formula is C19H17ClN4O3. The van der Waals surface area contributed by atoms with E-state index in [0.29, 0.717) is 27.9 Å². The van der Waals surface area contributed by atoms with Crippen molar-refractivity contribution < 1.29 is 14.3 Å². The van der Waals surface area contributed by atoms with Gasteiger partial charge in [-0.05, 0) is 30.3 Å². The van der Waals surface area contributed by atoms with Gasteiger partial charge in [-0.3, -0.25) is 4.79 Å². The zero-order valence-corrected chi connectivity index (χ0v) is 15.4. The van der Waals surface area contributed by atoms with Gasteiger partial charge in [-0.2, -0.15) is 0 Å². The Morgan fingerprint density at radius 3 is 2.59 bits per heavy atom. The van der Waals surface area contributed by atoms with Crippen LogP contribution >= 0.6 is 11.6 Å². The molecule has 0 aliphatic carbocycles. The number of anilines is 3. The molecule has 0 spiro atoms. The maximum absolute atomic E-state index is 12.6. The number of rotatable bonds is 6. The second-order valence-electron chi connectivity index (χ2n) is 5.39. The summed E-state index contributed by atoms with van der Waals surface area (Å²) in [4.78, 5) is 20.9. The fourth-order valence-electron chi connectivity index (χ4n) is 2.32. The summed E-state index contributed by atoms with van der Waals surface area (Å²) >= 11 is 6.12. The van der Waals surface area contributed by atoms with E-state index in [4.69, 9.17) is 21.1 Å². The Balaban J connectivity index is 1.79. The molecular weight excluding hydrogens is 368 g/mol. The van der Waals surface area contributed by atoms with E-state index in [1.54, 1.807) is 37.4 Å². The van der Waals surface area contributed by atoms with Crippen molar-refractivity contribution in [3.8, 4) is 11.5 Å². The van der Waals surface area contributed by atoms with Crippen molar-refractivity contribution in [3.05, 3.63) is 65.4 Å². The van der Waals surface area contributed by atoms with Gasteiger partial charge in [-0.15, -0.1) is 0 Å². The van der Waals surface area contributed by atoms with Gasteiger partial charge in [0.15, 0.2) is 0 Å². The minimum Gasteiger partial charge on any atom is -0.497 e. The molecule has 0 aliphatic rings. The number of carbonyl (C=O) groups is 1. The third-order valence-corrected chi connectivity index (χ3v) is 4.00. The van der Waals surface area contributed by atoms with Crippen molar-refractivity contribution in [3.63, 3.8) is 0 Å². The van der Waals surface area contributed by atoms with Crippen LogP contribution in [0.4, 0.5) is 17.3 Å². The molecule has 1 heterocycles. The molecule has 0 bridgehead atoms. The Kier molecular flexibility index (Phi) is 5.73. The molecule has 8 heteroatoms. The molecule has 138 valence electrons. The molecule has 2 aromatic carbocycles. The van der Waals surface area contributed by atoms with E-state index in [9.17, 15) is 4.79 Å². The quantitative estimate of drug-likeness (QED) is 0.664. The van der Waals surface area contributed by atoms with E-state index in [-0.39, 0.29) is 11.6 Å². The van der Waals surface area contributed by atoms with Gasteiger partial charge < -0.3 is 20.1 Å². The summed E-state index contributed by atoms with van der Waals surface area (Å²) in [6.45, 7) is 0. The molecule has 1 aromatic heterocycles. The largest absolute Gasteiger partial charge is 0.497 e. The second kappa shape index (κ2) is 8.37. The number of hydrogen-bond donors (Lipinski definition) is 2. The highest BCUT2D eigenvalue weighted by Gasteiger charge is 2.13. The smallest absolute Gasteiger partial charge is 0.274 e. The monoisotopic (exact) mass is 384 g/mol. The molecule has 0 aliphatic heterocycles. The first-order chi connectivity index (χ1) is 13.1. The van der Waals surface area contributed by atoms with Crippen LogP contribution in [0.5, 0.6) is 11.5 Å². The number of nitrogens with one attached hydrogen (secondary N) is 2. The SMILES string of the molecule is COc1ccc(NC(=O)c2ccnc(Nc3ccccc3Cl)n2)c(OC)c1. The van der Waals surface area contributed by atoms with Crippen molar-refractivity contribution >= 4 is 34.8 Å². The van der Waals surface area contributed by atoms with Crippen molar-refractivity contribution in [2.24, 2.45) is 0 Å². The van der Waals surface area contributed by atoms with Gasteiger partial charge in [0.2, 0.25) is 5.95 Å². The predicted octanol–water partition coefficient (Wildman–Crippen LogP) is 4.14. The Bertz CT molecular complexity index is 965. The van der Waals surface area contributed by atoms with E-state index in [2.05, 4.69) is 20.6 Å². The number of para-hydroxylation sites is 1. The number of hydrogen-bond acceptors (Lipinski definition) is 6. The van der Waals surface area contributed by atoms with Crippen molar-refractivity contribution in [2.45, 2.75) is 0 Å². The maximum atomic E-state index is 12.6. The zero-order valence-electron chi connectivity index (χ0n) is 14.7. The Morgan fingerprint density at radius 1 is 1.04 bits per heavy atom. The molecule has 0 unspecified atom stereocenters. The molecule has 3 aromatic rings. The normalized spacial score (nSPS) is 10.2. The van der Waals surface area contributed by atoms with E-state index >= 15 is 0 Å². The summed E-state index contributed by atoms with van der Waals surface area (Å²) in [7, 11) is 3.07. The summed E-state index contributed by atoms with van der Waals surface area (Å²) in [5.41, 5.74) is 1.34. The highest BCUT2D eigenvalue weighted by Crippen LogP contribution is 2.29. The van der Waals surface area contributed by atoms with Gasteiger partial charge in [0, 0.05) is 12.3 Å². The molecule has 0 saturated heterocycles. The first-order valence-corrected chi connectivity index (χ1v) is 8.36. The van der Waals surface area contributed by atoms with Crippen LogP contribution in [-0.2, 0) is 0 Å². The lowest BCUT2D eigenvalue weighted by Crippen LogP contribution is -2.15. The van der Waals surface area contributed by atoms with Crippen LogP contribution in [0.25, 0.3) is 0 Å². The fourth-order valence-corrected chi connectivity index (χ4v) is 2.50. The number of nitrogens with zero attached hydrogens (tertiary/aromatic N) is 2. The number of methoxy groups -OCH3 is 2. The molecule has 27 heavy (non-hydrogen) atoms. The average Bonchev–Trinajstić information content (AvgIpc) is 2.70. The van der Waals surface area contributed by atoms with Crippen LogP contribution in [0.3, 0.4) is 0 Å². The zero-order chi connectivity index (χ0) is 19.2. The van der Waals surface area contributed by atoms with Crippen molar-refractivity contribution in [1.82, 2.24) is 9.97 Å². The molecule has 0 radical (unpaired) electrons. The number of ether oxygens (including phenoxy) is 2. The topological polar surface area (TPSA) is 85.4 Å². The number of benzene rings is 2. The van der Waals surface area contributed by atoms with Gasteiger partial charge in [0.25, 0.3) is 5.91 Å². The molecule has 0 saturated carbocycles. The van der Waals surface area contributed by atoms with E-state index in [1.165, 1.54) is 19.4 Å². The molecule has 0 fully saturated rings. The highest BCUT2D eigenvalue weighted by atomic mass is 35.5. The predicted molar refractivity (Wildman–Crippen MR) is 104 cm³/mol. The lowest BCUT2D eigenvalue weighted by atomic mass is 10.2. The third-order valence-electron chi connectivity index (χ3n) is 3.67. The summed E-state index contributed by atoms with van der Waals surface area (Å²) in [6, 6.07) is 13.8. The minimum absolute atomic E-state index is 0.192. The third kappa shape index (κ3) is 4.45. The lowest BCUT2D eigenvalue weighted by Gasteiger charge is -2.12. The second-order valence-corrected chi connectivity index (χ2v) is 5.80. The van der Waals surface area contributed by atoms with Gasteiger partial charge >= 0.3 is 0 Å². The van der Waals surface area contributed by atoms with Gasteiger partial charge in [0.1, 0.15) is 17.2 Å². The molecule has 0 atom stereocenters. The molecule has 3 rings (SSSR count). The first-order valence-electron chi connectivity index (χ1n) is 7.98. The van der Waals surface area contributed by atoms with Crippen molar-refractivity contribution in [1.29, 1.82) is 0 Å². The molecule has 7 nitrogen and oxygen atoms in total. The van der Waals surface area contributed by atoms with Crippen LogP contribution < -0.4 is 20.1 Å². The van der Waals surface area contributed by atoms with E-state index < -0.39 is 5.91 Å². The van der Waals surface area contributed by atoms with Crippen LogP contribution in [0.2, 0.25) is 5.02 Å². The number of aromatic nitrogens is 2. The van der Waals surface area contributed by atoms with Crippen molar-refractivity contribution in [2.75, 3.05) is 24.9 Å². The number of carbonyl (C=O) groups excluding carboxylic acids is 1. The first kappa shape index (κ1) is 18.5. The Hall–Kier alpha value is -3.32. The van der Waals surface area contributed by atoms with E-state index in [0.717, 1.165) is 0 Å². The summed E-state index contributed by atoms with van der Waals surface area (Å²) in [5, 5.41) is 6.29. The van der Waals surface area contributed by atoms with Crippen LogP contribution in [0.1, 0.15) is 10.5 Å². The average molecular weight is 385 g/mol.